The van der Waals surface area contributed by atoms with E-state index >= 15 is 0 Å². The predicted molar refractivity (Wildman–Crippen MR) is 396 cm³/mol. The highest BCUT2D eigenvalue weighted by molar-refractivity contribution is 7.85. The van der Waals surface area contributed by atoms with Crippen LogP contribution in [0.4, 0.5) is 11.4 Å². The molecule has 0 atom stereocenters. The Morgan fingerprint density at radius 1 is 0.566 bits per heavy atom. The van der Waals surface area contributed by atoms with E-state index in [4.69, 9.17) is 48.4 Å². The molecule has 0 fully saturated rings. The Hall–Kier alpha value is -8.91. The van der Waals surface area contributed by atoms with Gasteiger partial charge in [-0.05, 0) is 155 Å². The molecule has 0 bridgehead atoms. The second-order valence-electron chi connectivity index (χ2n) is 27.5. The molecule has 2 amide bonds. The standard InChI is InChI=1S/C39H53N3O8S.C34H45N3O6S.CO2.2O3S/c1-7-17-41(19-9-8-16-39(5,6)49-28-43)36(44)13-12-20-42-34-26-35-31(24-32(34)29(2)27-38(42,3)4)25-33(37(45)50-35)30-14-21-40(22-15-30)18-10-11-23-51(46,47)48;1-6-14-36(15-7-2)32(38)11-10-17-37-30-23-31-27(21-28(30)25(3)24-34(37,4)5)22-29(33(39)43-31)26-12-18-35(19-13-26)16-8-9-20-44(40,41)42;2-1-3;2*1-4(2)3/h14-15,21-22,24-28H,7-13,16-20,23H2,1-6H3;12-13,18-19,21-24H,6-11,14-17,20H2,1-5H3;;;. The van der Waals surface area contributed by atoms with Crippen LogP contribution in [0.1, 0.15) is 177 Å². The van der Waals surface area contributed by atoms with Crippen molar-refractivity contribution >= 4 is 110 Å². The minimum Gasteiger partial charge on any atom is -0.748 e. The van der Waals surface area contributed by atoms with Crippen molar-refractivity contribution in [1.29, 1.82) is 0 Å². The number of benzene rings is 2. The van der Waals surface area contributed by atoms with Crippen LogP contribution in [-0.2, 0) is 83.3 Å². The van der Waals surface area contributed by atoms with Crippen molar-refractivity contribution in [2.45, 2.75) is 196 Å². The molecular weight excluding hydrogens is 1450 g/mol. The topological polar surface area (TPSA) is 393 Å². The zero-order valence-corrected chi connectivity index (χ0v) is 65.3. The van der Waals surface area contributed by atoms with E-state index in [0.29, 0.717) is 119 Å². The van der Waals surface area contributed by atoms with Crippen molar-refractivity contribution in [3.63, 3.8) is 0 Å². The van der Waals surface area contributed by atoms with Gasteiger partial charge in [0, 0.05) is 157 Å². The first-order valence-electron chi connectivity index (χ1n) is 35.0. The zero-order valence-electron chi connectivity index (χ0n) is 62.1. The van der Waals surface area contributed by atoms with Gasteiger partial charge in [0.15, 0.2) is 24.8 Å². The smallest absolute Gasteiger partial charge is 0.425 e. The molecule has 0 radical (unpaired) electrons. The number of ether oxygens (including phenoxy) is 1. The summed E-state index contributed by atoms with van der Waals surface area (Å²) in [6, 6.07) is 19.1. The van der Waals surface area contributed by atoms with Gasteiger partial charge in [0.25, 0.3) is 6.47 Å². The first-order chi connectivity index (χ1) is 49.7. The lowest BCUT2D eigenvalue weighted by molar-refractivity contribution is -0.697. The lowest BCUT2D eigenvalue weighted by atomic mass is 9.87. The molecule has 2 aliphatic heterocycles. The maximum Gasteiger partial charge on any atom is 0.425 e. The van der Waals surface area contributed by atoms with E-state index in [1.54, 1.807) is 0 Å². The summed E-state index contributed by atoms with van der Waals surface area (Å²) in [4.78, 5) is 88.2. The summed E-state index contributed by atoms with van der Waals surface area (Å²) >= 11 is 0. The molecule has 32 heteroatoms. The molecule has 0 aliphatic carbocycles. The fraction of sp³-hybridized carbons (Fsp3) is 0.514. The summed E-state index contributed by atoms with van der Waals surface area (Å²) in [5.41, 5.74) is 7.70. The van der Waals surface area contributed by atoms with Crippen molar-refractivity contribution in [2.24, 2.45) is 0 Å². The number of carbonyl (C=O) groups excluding carboxylic acids is 5. The Labute approximate surface area is 622 Å². The van der Waals surface area contributed by atoms with Gasteiger partial charge in [-0.25, -0.2) is 35.6 Å². The van der Waals surface area contributed by atoms with Crippen molar-refractivity contribution in [3.05, 3.63) is 130 Å². The number of allylic oxidation sites excluding steroid dienone is 2. The number of pyridine rings is 2. The molecule has 28 nitrogen and oxygen atoms in total. The largest absolute Gasteiger partial charge is 0.748 e. The lowest BCUT2D eigenvalue weighted by Gasteiger charge is -2.43. The van der Waals surface area contributed by atoms with E-state index in [2.05, 4.69) is 96.4 Å². The van der Waals surface area contributed by atoms with Crippen LogP contribution in [0, 0.1) is 0 Å². The Balaban J connectivity index is 0.000000396. The first kappa shape index (κ1) is 89.5. The van der Waals surface area contributed by atoms with E-state index in [1.165, 1.54) is 0 Å². The van der Waals surface area contributed by atoms with Crippen LogP contribution < -0.4 is 30.2 Å². The summed E-state index contributed by atoms with van der Waals surface area (Å²) in [6.07, 6.45) is 21.3. The molecule has 0 spiro atoms. The number of rotatable bonds is 33. The molecule has 2 aromatic carbocycles. The van der Waals surface area contributed by atoms with Crippen LogP contribution in [0.5, 0.6) is 0 Å². The summed E-state index contributed by atoms with van der Waals surface area (Å²) in [6.45, 7) is 28.8. The molecule has 6 heterocycles. The highest BCUT2D eigenvalue weighted by Crippen LogP contribution is 2.43. The maximum atomic E-state index is 13.3. The number of hydrogen-bond donors (Lipinski definition) is 0. The summed E-state index contributed by atoms with van der Waals surface area (Å²) < 4.78 is 136. The average Bonchev–Trinajstić information content (AvgIpc) is 0.752. The highest BCUT2D eigenvalue weighted by atomic mass is 32.2. The van der Waals surface area contributed by atoms with Crippen LogP contribution in [0.2, 0.25) is 0 Å². The van der Waals surface area contributed by atoms with Crippen LogP contribution >= 0.6 is 0 Å². The SMILES string of the molecule is CCCN(CCC)C(=O)CCCN1c2cc3oc(=O)c(-c4cc[n+](CCCCS(=O)(=O)[O-])cc4)cc3cc2C(C)=CC1(C)C.CCCN(CCCCC(C)(C)OC=O)C(=O)CCCN1c2cc3oc(=O)c(-c4cc[n+](CCCCS(=O)(=O)[O-])cc4)cc3cc2C(C)=CC1(C)C.O=C=O.O=S(=O)=O.O=S(=O)=O. The van der Waals surface area contributed by atoms with Gasteiger partial charge in [-0.15, -0.1) is 25.3 Å². The van der Waals surface area contributed by atoms with Crippen LogP contribution in [0.25, 0.3) is 55.3 Å². The van der Waals surface area contributed by atoms with Crippen molar-refractivity contribution in [2.75, 3.05) is 60.6 Å². The quantitative estimate of drug-likeness (QED) is 0.0122. The molecule has 2 aliphatic rings. The molecule has 0 saturated carbocycles. The van der Waals surface area contributed by atoms with Gasteiger partial charge in [-0.3, -0.25) is 14.4 Å². The van der Waals surface area contributed by atoms with E-state index in [0.717, 1.165) is 108 Å². The van der Waals surface area contributed by atoms with Gasteiger partial charge in [-0.2, -0.15) is 9.59 Å². The second kappa shape index (κ2) is 41.8. The Morgan fingerprint density at radius 2 is 0.906 bits per heavy atom. The zero-order chi connectivity index (χ0) is 79.3. The van der Waals surface area contributed by atoms with Gasteiger partial charge < -0.3 is 42.3 Å². The molecular formula is C74H98N6O22S4. The Morgan fingerprint density at radius 3 is 1.24 bits per heavy atom. The summed E-state index contributed by atoms with van der Waals surface area (Å²) in [7, 11) is -14.6. The molecule has 0 unspecified atom stereocenters. The maximum absolute atomic E-state index is 13.3. The number of nitrogens with zero attached hydrogens (tertiary/aromatic N) is 6. The number of carbonyl (C=O) groups is 3. The van der Waals surface area contributed by atoms with Gasteiger partial charge >= 0.3 is 38.6 Å². The monoisotopic (exact) mass is 1550 g/mol. The molecule has 106 heavy (non-hydrogen) atoms. The molecule has 8 rings (SSSR count). The number of aromatic nitrogens is 2. The third kappa shape index (κ3) is 29.1. The van der Waals surface area contributed by atoms with Gasteiger partial charge in [-0.1, -0.05) is 32.9 Å². The molecule has 0 saturated heterocycles. The second-order valence-corrected chi connectivity index (χ2v) is 31.3. The Bertz CT molecular complexity index is 4660. The first-order valence-corrected chi connectivity index (χ1v) is 40.1. The highest BCUT2D eigenvalue weighted by Gasteiger charge is 2.34. The third-order valence-electron chi connectivity index (χ3n) is 17.7. The molecule has 4 aromatic heterocycles. The summed E-state index contributed by atoms with van der Waals surface area (Å²) in [5.74, 6) is -0.404. The number of hydrogen-bond acceptors (Lipinski definition) is 24. The van der Waals surface area contributed by atoms with Crippen LogP contribution in [-0.4, -0.2) is 153 Å². The minimum atomic E-state index is -4.22. The fourth-order valence-corrected chi connectivity index (χ4v) is 14.1. The van der Waals surface area contributed by atoms with Gasteiger partial charge in [0.2, 0.25) is 11.8 Å². The summed E-state index contributed by atoms with van der Waals surface area (Å²) in [5, 5.41) is 1.63. The predicted octanol–water partition coefficient (Wildman–Crippen LogP) is 9.13. The number of fused-ring (bicyclic) bond motifs is 4. The number of amides is 2. The molecule has 6 aromatic rings. The van der Waals surface area contributed by atoms with Crippen molar-refractivity contribution in [3.8, 4) is 22.3 Å². The van der Waals surface area contributed by atoms with E-state index in [-0.39, 0.29) is 40.5 Å². The normalized spacial score (nSPS) is 13.4. The van der Waals surface area contributed by atoms with Crippen molar-refractivity contribution < 1.29 is 97.9 Å². The van der Waals surface area contributed by atoms with E-state index in [1.807, 2.05) is 106 Å². The van der Waals surface area contributed by atoms with E-state index in [9.17, 15) is 49.9 Å². The number of unbranched alkanes of at least 4 members (excludes halogenated alkanes) is 3. The Kier molecular flexibility index (Phi) is 35.3. The number of anilines is 2. The number of aryl methyl sites for hydroxylation is 2. The third-order valence-corrected chi connectivity index (χ3v) is 19.3. The van der Waals surface area contributed by atoms with Gasteiger partial charge in [0.05, 0.1) is 42.4 Å². The molecule has 580 valence electrons. The minimum absolute atomic E-state index is 0.139. The molecule has 0 N–H and O–H groups in total. The van der Waals surface area contributed by atoms with E-state index < -0.39 is 58.3 Å². The van der Waals surface area contributed by atoms with Crippen LogP contribution in [0.3, 0.4) is 0 Å². The fourth-order valence-electron chi connectivity index (χ4n) is 13.0. The van der Waals surface area contributed by atoms with Crippen LogP contribution in [0.15, 0.2) is 116 Å². The van der Waals surface area contributed by atoms with Gasteiger partial charge in [0.1, 0.15) is 29.9 Å². The van der Waals surface area contributed by atoms with Crippen molar-refractivity contribution in [1.82, 2.24) is 9.80 Å². The lowest BCUT2D eigenvalue weighted by Crippen LogP contribution is -2.46. The average molecular weight is 1550 g/mol.